The predicted molar refractivity (Wildman–Crippen MR) is 129 cm³/mol. The van der Waals surface area contributed by atoms with Crippen LogP contribution >= 0.6 is 15.9 Å². The number of nitro groups is 1. The zero-order valence-corrected chi connectivity index (χ0v) is 20.3. The van der Waals surface area contributed by atoms with E-state index in [2.05, 4.69) is 15.9 Å². The van der Waals surface area contributed by atoms with Crippen LogP contribution in [0.4, 0.5) is 5.69 Å². The highest BCUT2D eigenvalue weighted by molar-refractivity contribution is 9.10. The number of nitrogens with zero attached hydrogens (tertiary/aromatic N) is 2. The number of fused-ring (bicyclic) bond motifs is 1. The van der Waals surface area contributed by atoms with Gasteiger partial charge in [-0.3, -0.25) is 34.2 Å². The van der Waals surface area contributed by atoms with E-state index in [9.17, 15) is 34.1 Å². The molecule has 12 heteroatoms. The standard InChI is InChI=1S/C25H15BrN2O9/c26-16-8-4-15(5-9-16)25(33)37-17-10-6-14(7-11-17)20(29)13-36-21(30)12-27-23(31)18-2-1-3-19(28(34)35)22(18)24(27)32/h1-11H,12-13H2. The number of amides is 2. The van der Waals surface area contributed by atoms with Crippen LogP contribution in [0.15, 0.2) is 71.2 Å². The molecule has 0 bridgehead atoms. The number of imide groups is 1. The van der Waals surface area contributed by atoms with E-state index in [1.807, 2.05) is 0 Å². The van der Waals surface area contributed by atoms with Gasteiger partial charge < -0.3 is 9.47 Å². The Morgan fingerprint density at radius 2 is 1.54 bits per heavy atom. The van der Waals surface area contributed by atoms with Crippen molar-refractivity contribution in [3.63, 3.8) is 0 Å². The van der Waals surface area contributed by atoms with E-state index in [-0.39, 0.29) is 16.9 Å². The maximum Gasteiger partial charge on any atom is 0.343 e. The van der Waals surface area contributed by atoms with Crippen molar-refractivity contribution in [2.45, 2.75) is 0 Å². The number of hydrogen-bond acceptors (Lipinski definition) is 9. The Labute approximate surface area is 216 Å². The molecule has 4 rings (SSSR count). The summed E-state index contributed by atoms with van der Waals surface area (Å²) in [6.07, 6.45) is 0. The molecule has 3 aromatic rings. The Bertz CT molecular complexity index is 1450. The first-order valence-electron chi connectivity index (χ1n) is 10.6. The molecule has 0 saturated carbocycles. The van der Waals surface area contributed by atoms with E-state index in [1.165, 1.54) is 36.4 Å². The molecule has 186 valence electrons. The lowest BCUT2D eigenvalue weighted by atomic mass is 10.1. The lowest BCUT2D eigenvalue weighted by Gasteiger charge is -2.12. The highest BCUT2D eigenvalue weighted by atomic mass is 79.9. The molecule has 1 aliphatic heterocycles. The van der Waals surface area contributed by atoms with Gasteiger partial charge in [-0.25, -0.2) is 4.79 Å². The number of ketones is 1. The second-order valence-corrected chi connectivity index (χ2v) is 8.57. The van der Waals surface area contributed by atoms with Crippen LogP contribution in [0.5, 0.6) is 5.75 Å². The topological polar surface area (TPSA) is 150 Å². The van der Waals surface area contributed by atoms with Gasteiger partial charge in [-0.1, -0.05) is 22.0 Å². The van der Waals surface area contributed by atoms with Crippen molar-refractivity contribution < 1.29 is 38.4 Å². The molecule has 3 aromatic carbocycles. The van der Waals surface area contributed by atoms with Gasteiger partial charge in [0.1, 0.15) is 17.9 Å². The Kier molecular flexibility index (Phi) is 7.20. The quantitative estimate of drug-likeness (QED) is 0.0994. The maximum atomic E-state index is 12.5. The number of rotatable bonds is 8. The van der Waals surface area contributed by atoms with Crippen molar-refractivity contribution in [3.8, 4) is 5.75 Å². The van der Waals surface area contributed by atoms with Gasteiger partial charge in [0, 0.05) is 16.1 Å². The maximum absolute atomic E-state index is 12.5. The normalized spacial score (nSPS) is 12.2. The lowest BCUT2D eigenvalue weighted by molar-refractivity contribution is -0.385. The molecule has 0 unspecified atom stereocenters. The second kappa shape index (κ2) is 10.5. The van der Waals surface area contributed by atoms with E-state index >= 15 is 0 Å². The number of esters is 2. The largest absolute Gasteiger partial charge is 0.456 e. The Morgan fingerprint density at radius 1 is 0.892 bits per heavy atom. The lowest BCUT2D eigenvalue weighted by Crippen LogP contribution is -2.36. The Morgan fingerprint density at radius 3 is 2.19 bits per heavy atom. The third-order valence-corrected chi connectivity index (χ3v) is 5.82. The minimum atomic E-state index is -1.05. The highest BCUT2D eigenvalue weighted by Gasteiger charge is 2.42. The van der Waals surface area contributed by atoms with Crippen LogP contribution in [-0.2, 0) is 9.53 Å². The third kappa shape index (κ3) is 5.43. The van der Waals surface area contributed by atoms with E-state index in [1.54, 1.807) is 24.3 Å². The van der Waals surface area contributed by atoms with Crippen LogP contribution < -0.4 is 4.74 Å². The Hall–Kier alpha value is -4.71. The van der Waals surface area contributed by atoms with Gasteiger partial charge in [-0.2, -0.15) is 0 Å². The first kappa shape index (κ1) is 25.4. The molecule has 0 aliphatic carbocycles. The molecular weight excluding hydrogens is 552 g/mol. The zero-order valence-electron chi connectivity index (χ0n) is 18.7. The van der Waals surface area contributed by atoms with Gasteiger partial charge in [0.2, 0.25) is 0 Å². The van der Waals surface area contributed by atoms with Gasteiger partial charge in [-0.05, 0) is 54.6 Å². The van der Waals surface area contributed by atoms with E-state index in [0.29, 0.717) is 10.5 Å². The summed E-state index contributed by atoms with van der Waals surface area (Å²) in [6.45, 7) is -1.50. The number of hydrogen-bond donors (Lipinski definition) is 0. The second-order valence-electron chi connectivity index (χ2n) is 7.66. The summed E-state index contributed by atoms with van der Waals surface area (Å²) in [5.41, 5.74) is -0.644. The summed E-state index contributed by atoms with van der Waals surface area (Å²) >= 11 is 3.27. The molecule has 0 saturated heterocycles. The fraction of sp³-hybridized carbons (Fsp3) is 0.0800. The van der Waals surface area contributed by atoms with E-state index in [0.717, 1.165) is 10.5 Å². The fourth-order valence-corrected chi connectivity index (χ4v) is 3.74. The summed E-state index contributed by atoms with van der Waals surface area (Å²) in [4.78, 5) is 72.7. The van der Waals surface area contributed by atoms with E-state index < -0.39 is 58.9 Å². The summed E-state index contributed by atoms with van der Waals surface area (Å²) in [6, 6.07) is 15.7. The van der Waals surface area contributed by atoms with Crippen LogP contribution in [0, 0.1) is 10.1 Å². The summed E-state index contributed by atoms with van der Waals surface area (Å²) in [5.74, 6) is -3.90. The Balaban J connectivity index is 1.32. The van der Waals surface area contributed by atoms with Gasteiger partial charge in [-0.15, -0.1) is 0 Å². The average Bonchev–Trinajstić information content (AvgIpc) is 3.12. The number of benzene rings is 3. The number of ether oxygens (including phenoxy) is 2. The molecule has 37 heavy (non-hydrogen) atoms. The first-order chi connectivity index (χ1) is 17.7. The predicted octanol–water partition coefficient (Wildman–Crippen LogP) is 3.60. The molecule has 0 radical (unpaired) electrons. The SMILES string of the molecule is O=C(CN1C(=O)c2cccc([N+](=O)[O-])c2C1=O)OCC(=O)c1ccc(OC(=O)c2ccc(Br)cc2)cc1. The molecule has 11 nitrogen and oxygen atoms in total. The van der Waals surface area contributed by atoms with Crippen molar-refractivity contribution in [2.24, 2.45) is 0 Å². The fourth-order valence-electron chi connectivity index (χ4n) is 3.48. The molecule has 0 aromatic heterocycles. The molecule has 0 spiro atoms. The summed E-state index contributed by atoms with van der Waals surface area (Å²) in [5, 5.41) is 11.2. The molecule has 2 amide bonds. The summed E-state index contributed by atoms with van der Waals surface area (Å²) in [7, 11) is 0. The van der Waals surface area contributed by atoms with E-state index in [4.69, 9.17) is 9.47 Å². The van der Waals surface area contributed by atoms with Crippen molar-refractivity contribution in [1.82, 2.24) is 4.90 Å². The molecule has 1 heterocycles. The molecular formula is C25H15BrN2O9. The van der Waals surface area contributed by atoms with Gasteiger partial charge in [0.25, 0.3) is 17.5 Å². The van der Waals surface area contributed by atoms with Crippen LogP contribution in [0.1, 0.15) is 41.4 Å². The van der Waals surface area contributed by atoms with Crippen molar-refractivity contribution in [2.75, 3.05) is 13.2 Å². The van der Waals surface area contributed by atoms with Crippen molar-refractivity contribution >= 4 is 51.2 Å². The first-order valence-corrected chi connectivity index (χ1v) is 11.3. The smallest absolute Gasteiger partial charge is 0.343 e. The van der Waals surface area contributed by atoms with Gasteiger partial charge >= 0.3 is 11.9 Å². The molecule has 1 aliphatic rings. The number of carbonyl (C=O) groups excluding carboxylic acids is 5. The van der Waals surface area contributed by atoms with Crippen LogP contribution in [0.25, 0.3) is 0 Å². The van der Waals surface area contributed by atoms with Crippen LogP contribution in [0.2, 0.25) is 0 Å². The average molecular weight is 567 g/mol. The number of carbonyl (C=O) groups is 5. The van der Waals surface area contributed by atoms with Gasteiger partial charge in [0.05, 0.1) is 16.1 Å². The number of nitro benzene ring substituents is 1. The minimum absolute atomic E-state index is 0.160. The van der Waals surface area contributed by atoms with Gasteiger partial charge in [0.15, 0.2) is 12.4 Å². The summed E-state index contributed by atoms with van der Waals surface area (Å²) < 4.78 is 11.0. The zero-order chi connectivity index (χ0) is 26.7. The monoisotopic (exact) mass is 566 g/mol. The molecule has 0 N–H and O–H groups in total. The van der Waals surface area contributed by atoms with Crippen LogP contribution in [0.3, 0.4) is 0 Å². The van der Waals surface area contributed by atoms with Crippen molar-refractivity contribution in [3.05, 3.63) is 104 Å². The third-order valence-electron chi connectivity index (χ3n) is 5.29. The minimum Gasteiger partial charge on any atom is -0.456 e. The van der Waals surface area contributed by atoms with Crippen LogP contribution in [-0.4, -0.2) is 52.5 Å². The molecule has 0 atom stereocenters. The number of Topliss-reactive ketones (excluding diaryl/α,β-unsaturated/α-hetero) is 1. The highest BCUT2D eigenvalue weighted by Crippen LogP contribution is 2.30. The number of halogens is 1. The van der Waals surface area contributed by atoms with Crippen molar-refractivity contribution in [1.29, 1.82) is 0 Å². The molecule has 0 fully saturated rings.